The maximum atomic E-state index is 8.95. The lowest BCUT2D eigenvalue weighted by atomic mass is 9.96. The van der Waals surface area contributed by atoms with Crippen molar-refractivity contribution < 1.29 is 13.0 Å². The molecule has 0 bridgehead atoms. The van der Waals surface area contributed by atoms with Crippen molar-refractivity contribution in [2.75, 3.05) is 0 Å². The predicted octanol–water partition coefficient (Wildman–Crippen LogP) is 3.99. The van der Waals surface area contributed by atoms with Crippen LogP contribution < -0.4 is 0 Å². The molecule has 98 valence electrons. The highest BCUT2D eigenvalue weighted by atomic mass is 35.7. The average molecular weight is 287 g/mol. The van der Waals surface area contributed by atoms with E-state index in [1.165, 1.54) is 16.3 Å². The molecule has 0 atom stereocenters. The third kappa shape index (κ3) is 5.04. The summed E-state index contributed by atoms with van der Waals surface area (Å²) >= 11 is 0. The van der Waals surface area contributed by atoms with Gasteiger partial charge < -0.3 is 0 Å². The Bertz CT molecular complexity index is 608. The van der Waals surface area contributed by atoms with Gasteiger partial charge in [-0.25, -0.2) is 0 Å². The van der Waals surface area contributed by atoms with E-state index in [2.05, 4.69) is 67.0 Å². The molecule has 0 unspecified atom stereocenters. The first-order valence-electron chi connectivity index (χ1n) is 5.43. The Balaban J connectivity index is 0.000000280. The SMILES string of the molecule is CC(C)c1cccc2ccccc12.O=S(=O)(O)Cl. The van der Waals surface area contributed by atoms with Crippen molar-refractivity contribution in [1.82, 2.24) is 0 Å². The summed E-state index contributed by atoms with van der Waals surface area (Å²) in [4.78, 5) is 0. The summed E-state index contributed by atoms with van der Waals surface area (Å²) in [6, 6.07) is 15.1. The summed E-state index contributed by atoms with van der Waals surface area (Å²) in [7, 11) is -0.137. The number of benzene rings is 2. The van der Waals surface area contributed by atoms with Crippen LogP contribution in [0.4, 0.5) is 0 Å². The van der Waals surface area contributed by atoms with Crippen LogP contribution in [0.3, 0.4) is 0 Å². The van der Waals surface area contributed by atoms with E-state index >= 15 is 0 Å². The first-order chi connectivity index (χ1) is 8.29. The van der Waals surface area contributed by atoms with Gasteiger partial charge in [0.15, 0.2) is 0 Å². The van der Waals surface area contributed by atoms with Crippen LogP contribution in [0.15, 0.2) is 42.5 Å². The Morgan fingerprint density at radius 2 is 1.56 bits per heavy atom. The molecule has 0 fully saturated rings. The van der Waals surface area contributed by atoms with Gasteiger partial charge >= 0.3 is 9.33 Å². The Morgan fingerprint density at radius 1 is 1.06 bits per heavy atom. The Kier molecular flexibility index (Phi) is 5.14. The molecule has 0 aliphatic rings. The van der Waals surface area contributed by atoms with Gasteiger partial charge in [-0.1, -0.05) is 56.3 Å². The molecule has 2 aromatic rings. The molecule has 0 aromatic heterocycles. The number of rotatable bonds is 1. The minimum absolute atomic E-state index is 0.603. The van der Waals surface area contributed by atoms with Crippen LogP contribution in [-0.2, 0) is 9.33 Å². The Hall–Kier alpha value is -1.10. The molecular formula is C13H15ClO3S. The molecule has 2 aromatic carbocycles. The third-order valence-corrected chi connectivity index (χ3v) is 2.45. The highest BCUT2D eigenvalue weighted by Gasteiger charge is 2.02. The van der Waals surface area contributed by atoms with Gasteiger partial charge in [0.25, 0.3) is 0 Å². The van der Waals surface area contributed by atoms with Crippen molar-refractivity contribution in [1.29, 1.82) is 0 Å². The van der Waals surface area contributed by atoms with E-state index in [4.69, 9.17) is 13.0 Å². The largest absolute Gasteiger partial charge is 0.353 e. The molecule has 18 heavy (non-hydrogen) atoms. The van der Waals surface area contributed by atoms with Crippen LogP contribution in [0.2, 0.25) is 0 Å². The molecule has 0 aliphatic carbocycles. The van der Waals surface area contributed by atoms with Gasteiger partial charge in [0.05, 0.1) is 0 Å². The van der Waals surface area contributed by atoms with Gasteiger partial charge in [-0.3, -0.25) is 4.55 Å². The van der Waals surface area contributed by atoms with Crippen LogP contribution in [0, 0.1) is 0 Å². The average Bonchev–Trinajstić information content (AvgIpc) is 2.26. The van der Waals surface area contributed by atoms with Crippen LogP contribution in [0.5, 0.6) is 0 Å². The molecule has 0 heterocycles. The normalized spacial score (nSPS) is 11.2. The minimum Gasteiger partial charge on any atom is -0.273 e. The summed E-state index contributed by atoms with van der Waals surface area (Å²) in [5, 5.41) is 2.73. The van der Waals surface area contributed by atoms with Crippen molar-refractivity contribution in [3.05, 3.63) is 48.0 Å². The third-order valence-electron chi connectivity index (χ3n) is 2.45. The summed E-state index contributed by atoms with van der Waals surface area (Å²) < 4.78 is 25.2. The topological polar surface area (TPSA) is 54.4 Å². The maximum Gasteiger partial charge on any atom is 0.353 e. The fourth-order valence-corrected chi connectivity index (χ4v) is 1.75. The second-order valence-electron chi connectivity index (χ2n) is 4.14. The van der Waals surface area contributed by atoms with Crippen LogP contribution in [0.25, 0.3) is 10.8 Å². The van der Waals surface area contributed by atoms with E-state index in [9.17, 15) is 0 Å². The number of hydrogen-bond acceptors (Lipinski definition) is 2. The van der Waals surface area contributed by atoms with Crippen LogP contribution in [-0.4, -0.2) is 13.0 Å². The first-order valence-corrected chi connectivity index (χ1v) is 7.70. The molecule has 2 rings (SSSR count). The van der Waals surface area contributed by atoms with Crippen LogP contribution >= 0.6 is 10.7 Å². The fraction of sp³-hybridized carbons (Fsp3) is 0.231. The summed E-state index contributed by atoms with van der Waals surface area (Å²) in [6.07, 6.45) is 0. The Morgan fingerprint density at radius 3 is 2.11 bits per heavy atom. The van der Waals surface area contributed by atoms with Gasteiger partial charge in [0.1, 0.15) is 0 Å². The lowest BCUT2D eigenvalue weighted by molar-refractivity contribution is 0.501. The number of fused-ring (bicyclic) bond motifs is 1. The lowest BCUT2D eigenvalue weighted by Crippen LogP contribution is -1.88. The zero-order valence-corrected chi connectivity index (χ0v) is 11.7. The first kappa shape index (κ1) is 15.0. The van der Waals surface area contributed by atoms with Crippen molar-refractivity contribution in [3.8, 4) is 0 Å². The van der Waals surface area contributed by atoms with Gasteiger partial charge in [-0.2, -0.15) is 8.42 Å². The van der Waals surface area contributed by atoms with Crippen molar-refractivity contribution in [2.24, 2.45) is 0 Å². The standard InChI is InChI=1S/C13H14.ClHO3S/c1-10(2)12-9-5-7-11-6-3-4-8-13(11)12;1-5(2,3)4/h3-10H,1-2H3;(H,2,3,4). The molecule has 5 heteroatoms. The van der Waals surface area contributed by atoms with E-state index in [-0.39, 0.29) is 0 Å². The molecule has 0 saturated heterocycles. The monoisotopic (exact) mass is 286 g/mol. The quantitative estimate of drug-likeness (QED) is 0.637. The van der Waals surface area contributed by atoms with E-state index < -0.39 is 9.33 Å². The predicted molar refractivity (Wildman–Crippen MR) is 75.4 cm³/mol. The van der Waals surface area contributed by atoms with Crippen molar-refractivity contribution in [3.63, 3.8) is 0 Å². The summed E-state index contributed by atoms with van der Waals surface area (Å²) in [5.41, 5.74) is 1.44. The number of halogens is 1. The van der Waals surface area contributed by atoms with E-state index in [1.54, 1.807) is 0 Å². The Labute approximate surface area is 112 Å². The zero-order valence-electron chi connectivity index (χ0n) is 10.2. The smallest absolute Gasteiger partial charge is 0.273 e. The van der Waals surface area contributed by atoms with Gasteiger partial charge in [0.2, 0.25) is 0 Å². The lowest BCUT2D eigenvalue weighted by Gasteiger charge is -2.08. The van der Waals surface area contributed by atoms with Crippen molar-refractivity contribution >= 4 is 30.8 Å². The van der Waals surface area contributed by atoms with Gasteiger partial charge in [0, 0.05) is 10.7 Å². The molecule has 0 aliphatic heterocycles. The molecule has 0 saturated carbocycles. The molecule has 3 nitrogen and oxygen atoms in total. The second kappa shape index (κ2) is 6.18. The number of hydrogen-bond donors (Lipinski definition) is 1. The molecule has 0 radical (unpaired) electrons. The second-order valence-corrected chi connectivity index (χ2v) is 6.13. The summed E-state index contributed by atoms with van der Waals surface area (Å²) in [6.45, 7) is 4.48. The van der Waals surface area contributed by atoms with E-state index in [0.29, 0.717) is 5.92 Å². The van der Waals surface area contributed by atoms with Crippen LogP contribution in [0.1, 0.15) is 25.3 Å². The molecule has 0 spiro atoms. The summed E-state index contributed by atoms with van der Waals surface area (Å²) in [5.74, 6) is 0.603. The molecule has 0 amide bonds. The van der Waals surface area contributed by atoms with E-state index in [0.717, 1.165) is 0 Å². The van der Waals surface area contributed by atoms with E-state index in [1.807, 2.05) is 0 Å². The zero-order chi connectivity index (χ0) is 13.8. The highest BCUT2D eigenvalue weighted by molar-refractivity contribution is 8.09. The van der Waals surface area contributed by atoms with Crippen molar-refractivity contribution in [2.45, 2.75) is 19.8 Å². The maximum absolute atomic E-state index is 8.95. The van der Waals surface area contributed by atoms with Gasteiger partial charge in [-0.15, -0.1) is 0 Å². The minimum atomic E-state index is -4.19. The fourth-order valence-electron chi connectivity index (χ4n) is 1.75. The molecular weight excluding hydrogens is 272 g/mol. The molecule has 1 N–H and O–H groups in total. The highest BCUT2D eigenvalue weighted by Crippen LogP contribution is 2.24. The van der Waals surface area contributed by atoms with Gasteiger partial charge in [-0.05, 0) is 22.3 Å².